The van der Waals surface area contributed by atoms with Crippen LogP contribution in [0, 0.1) is 11.8 Å². The van der Waals surface area contributed by atoms with E-state index in [0.717, 1.165) is 64.5 Å². The van der Waals surface area contributed by atoms with Crippen molar-refractivity contribution < 1.29 is 4.79 Å². The van der Waals surface area contributed by atoms with Gasteiger partial charge in [-0.05, 0) is 56.6 Å². The number of amides is 1. The maximum Gasteiger partial charge on any atom is 0.217 e. The van der Waals surface area contributed by atoms with Crippen molar-refractivity contribution in [2.75, 3.05) is 45.8 Å². The summed E-state index contributed by atoms with van der Waals surface area (Å²) < 4.78 is 0. The van der Waals surface area contributed by atoms with E-state index in [4.69, 9.17) is 10.7 Å². The third-order valence-corrected chi connectivity index (χ3v) is 6.07. The van der Waals surface area contributed by atoms with Crippen LogP contribution in [0.2, 0.25) is 0 Å². The third kappa shape index (κ3) is 8.06. The van der Waals surface area contributed by atoms with Crippen LogP contribution in [0.25, 0.3) is 0 Å². The molecule has 0 saturated carbocycles. The normalized spacial score (nSPS) is 22.6. The second kappa shape index (κ2) is 13.1. The van der Waals surface area contributed by atoms with E-state index in [1.165, 1.54) is 18.5 Å². The Hall–Kier alpha value is -1.35. The molecule has 1 amide bonds. The topological polar surface area (TPSA) is 74.0 Å². The van der Waals surface area contributed by atoms with Gasteiger partial charge in [-0.15, -0.1) is 24.0 Å². The van der Waals surface area contributed by atoms with Gasteiger partial charge in [0.25, 0.3) is 0 Å². The Labute approximate surface area is 198 Å². The number of likely N-dealkylation sites (tertiary alicyclic amines) is 2. The van der Waals surface area contributed by atoms with Gasteiger partial charge >= 0.3 is 0 Å². The SMILES string of the molecule is CCNC(=NCC1CCN(CCc2ccccc2)C1)N1CCCC(CC(N)=O)C1.I. The minimum Gasteiger partial charge on any atom is -0.370 e. The number of hydrogen-bond donors (Lipinski definition) is 2. The predicted octanol–water partition coefficient (Wildman–Crippen LogP) is 2.72. The maximum absolute atomic E-state index is 11.3. The van der Waals surface area contributed by atoms with Crippen molar-refractivity contribution in [3.8, 4) is 0 Å². The van der Waals surface area contributed by atoms with E-state index in [-0.39, 0.29) is 29.9 Å². The number of nitrogens with one attached hydrogen (secondary N) is 1. The number of halogens is 1. The van der Waals surface area contributed by atoms with Gasteiger partial charge in [0.1, 0.15) is 0 Å². The van der Waals surface area contributed by atoms with Crippen LogP contribution in [-0.2, 0) is 11.2 Å². The highest BCUT2D eigenvalue weighted by atomic mass is 127. The fourth-order valence-corrected chi connectivity index (χ4v) is 4.55. The van der Waals surface area contributed by atoms with Gasteiger partial charge in [-0.25, -0.2) is 0 Å². The summed E-state index contributed by atoms with van der Waals surface area (Å²) in [6.45, 7) is 9.18. The van der Waals surface area contributed by atoms with Crippen molar-refractivity contribution in [3.63, 3.8) is 0 Å². The molecule has 1 aromatic carbocycles. The molecule has 2 fully saturated rings. The first kappa shape index (κ1) is 24.9. The summed E-state index contributed by atoms with van der Waals surface area (Å²) in [4.78, 5) is 21.2. The summed E-state index contributed by atoms with van der Waals surface area (Å²) in [5.41, 5.74) is 6.83. The van der Waals surface area contributed by atoms with E-state index in [2.05, 4.69) is 52.4 Å². The van der Waals surface area contributed by atoms with Gasteiger partial charge in [0, 0.05) is 45.7 Å². The number of piperidine rings is 1. The number of carbonyl (C=O) groups is 1. The second-order valence-corrected chi connectivity index (χ2v) is 8.51. The molecule has 168 valence electrons. The smallest absolute Gasteiger partial charge is 0.217 e. The van der Waals surface area contributed by atoms with E-state index in [0.29, 0.717) is 18.3 Å². The molecule has 7 heteroatoms. The van der Waals surface area contributed by atoms with E-state index < -0.39 is 0 Å². The molecule has 2 aliphatic heterocycles. The van der Waals surface area contributed by atoms with Gasteiger partial charge in [0.2, 0.25) is 5.91 Å². The molecule has 3 N–H and O–H groups in total. The Kier molecular flexibility index (Phi) is 10.9. The van der Waals surface area contributed by atoms with Gasteiger partial charge < -0.3 is 20.9 Å². The lowest BCUT2D eigenvalue weighted by Gasteiger charge is -2.34. The zero-order chi connectivity index (χ0) is 20.5. The van der Waals surface area contributed by atoms with Crippen LogP contribution in [0.15, 0.2) is 35.3 Å². The van der Waals surface area contributed by atoms with Crippen molar-refractivity contribution in [2.45, 2.75) is 39.0 Å². The fraction of sp³-hybridized carbons (Fsp3) is 0.652. The number of nitrogens with two attached hydrogens (primary N) is 1. The molecule has 0 radical (unpaired) electrons. The van der Waals surface area contributed by atoms with E-state index in [1.807, 2.05) is 0 Å². The van der Waals surface area contributed by atoms with Crippen molar-refractivity contribution in [1.29, 1.82) is 0 Å². The quantitative estimate of drug-likeness (QED) is 0.310. The average Bonchev–Trinajstić information content (AvgIpc) is 3.18. The number of primary amides is 1. The van der Waals surface area contributed by atoms with Crippen molar-refractivity contribution in [1.82, 2.24) is 15.1 Å². The van der Waals surface area contributed by atoms with E-state index >= 15 is 0 Å². The first-order valence-corrected chi connectivity index (χ1v) is 11.2. The van der Waals surface area contributed by atoms with E-state index in [9.17, 15) is 4.79 Å². The Morgan fingerprint density at radius 3 is 2.70 bits per heavy atom. The van der Waals surface area contributed by atoms with Crippen LogP contribution >= 0.6 is 24.0 Å². The lowest BCUT2D eigenvalue weighted by Crippen LogP contribution is -2.47. The highest BCUT2D eigenvalue weighted by molar-refractivity contribution is 14.0. The first-order chi connectivity index (χ1) is 14.1. The Morgan fingerprint density at radius 2 is 1.97 bits per heavy atom. The molecular formula is C23H38IN5O. The Morgan fingerprint density at radius 1 is 1.17 bits per heavy atom. The highest BCUT2D eigenvalue weighted by Gasteiger charge is 2.25. The number of hydrogen-bond acceptors (Lipinski definition) is 3. The lowest BCUT2D eigenvalue weighted by atomic mass is 9.95. The van der Waals surface area contributed by atoms with Crippen LogP contribution < -0.4 is 11.1 Å². The summed E-state index contributed by atoms with van der Waals surface area (Å²) in [5, 5.41) is 3.45. The van der Waals surface area contributed by atoms with Crippen molar-refractivity contribution >= 4 is 35.8 Å². The first-order valence-electron chi connectivity index (χ1n) is 11.2. The minimum absolute atomic E-state index is 0. The number of nitrogens with zero attached hydrogens (tertiary/aromatic N) is 3. The molecule has 2 aliphatic rings. The van der Waals surface area contributed by atoms with Gasteiger partial charge in [-0.2, -0.15) is 0 Å². The van der Waals surface area contributed by atoms with Gasteiger partial charge in [-0.1, -0.05) is 30.3 Å². The largest absolute Gasteiger partial charge is 0.370 e. The van der Waals surface area contributed by atoms with Crippen molar-refractivity contribution in [2.24, 2.45) is 22.6 Å². The number of benzene rings is 1. The van der Waals surface area contributed by atoms with Crippen molar-refractivity contribution in [3.05, 3.63) is 35.9 Å². The van der Waals surface area contributed by atoms with Crippen LogP contribution in [0.1, 0.15) is 38.2 Å². The zero-order valence-corrected chi connectivity index (χ0v) is 20.6. The lowest BCUT2D eigenvalue weighted by molar-refractivity contribution is -0.119. The number of rotatable bonds is 8. The molecule has 2 atom stereocenters. The summed E-state index contributed by atoms with van der Waals surface area (Å²) in [7, 11) is 0. The molecule has 3 rings (SSSR count). The average molecular weight is 527 g/mol. The van der Waals surface area contributed by atoms with Gasteiger partial charge in [-0.3, -0.25) is 9.79 Å². The summed E-state index contributed by atoms with van der Waals surface area (Å²) in [6, 6.07) is 10.7. The molecule has 2 heterocycles. The Bertz CT molecular complexity index is 669. The second-order valence-electron chi connectivity index (χ2n) is 8.51. The molecule has 0 bridgehead atoms. The van der Waals surface area contributed by atoms with Crippen LogP contribution in [-0.4, -0.2) is 67.5 Å². The van der Waals surface area contributed by atoms with Crippen LogP contribution in [0.3, 0.4) is 0 Å². The Balaban J connectivity index is 0.00000320. The number of guanidine groups is 1. The zero-order valence-electron chi connectivity index (χ0n) is 18.3. The maximum atomic E-state index is 11.3. The monoisotopic (exact) mass is 527 g/mol. The number of carbonyl (C=O) groups excluding carboxylic acids is 1. The predicted molar refractivity (Wildman–Crippen MR) is 134 cm³/mol. The third-order valence-electron chi connectivity index (χ3n) is 6.07. The molecule has 2 unspecified atom stereocenters. The van der Waals surface area contributed by atoms with Gasteiger partial charge in [0.05, 0.1) is 0 Å². The van der Waals surface area contributed by atoms with Crippen LogP contribution in [0.5, 0.6) is 0 Å². The molecule has 0 aliphatic carbocycles. The highest BCUT2D eigenvalue weighted by Crippen LogP contribution is 2.20. The van der Waals surface area contributed by atoms with E-state index in [1.54, 1.807) is 0 Å². The molecule has 0 aromatic heterocycles. The standard InChI is InChI=1S/C23H37N5O.HI/c1-2-25-23(28-12-6-9-20(18-28)15-22(24)29)26-16-21-11-14-27(17-21)13-10-19-7-4-3-5-8-19;/h3-5,7-8,20-21H,2,6,9-18H2,1H3,(H2,24,29)(H,25,26);1H. The number of aliphatic imine (C=N–C) groups is 1. The molecule has 2 saturated heterocycles. The summed E-state index contributed by atoms with van der Waals surface area (Å²) in [6.07, 6.45) is 5.00. The minimum atomic E-state index is -0.194. The molecule has 0 spiro atoms. The van der Waals surface area contributed by atoms with Crippen LogP contribution in [0.4, 0.5) is 0 Å². The summed E-state index contributed by atoms with van der Waals surface area (Å²) >= 11 is 0. The molecule has 6 nitrogen and oxygen atoms in total. The fourth-order valence-electron chi connectivity index (χ4n) is 4.55. The van der Waals surface area contributed by atoms with Gasteiger partial charge in [0.15, 0.2) is 5.96 Å². The molecular weight excluding hydrogens is 489 g/mol. The molecule has 1 aromatic rings. The molecule has 30 heavy (non-hydrogen) atoms. The summed E-state index contributed by atoms with van der Waals surface area (Å²) in [5.74, 6) is 1.79.